The van der Waals surface area contributed by atoms with Gasteiger partial charge in [-0.2, -0.15) is 0 Å². The Kier molecular flexibility index (Phi) is 40.1. The van der Waals surface area contributed by atoms with Crippen LogP contribution in [0.3, 0.4) is 0 Å². The Morgan fingerprint density at radius 3 is 0.981 bits per heavy atom. The van der Waals surface area contributed by atoms with Crippen LogP contribution in [0.5, 0.6) is 0 Å². The Bertz CT molecular complexity index is 857. The average Bonchev–Trinajstić information content (AvgIpc) is 3.13. The standard InChI is InChI=1S/C33H62N2O18/c36-30(2-3-32(38)39)34-4-1-6-42-8-10-44-12-14-46-16-18-48-20-22-50-24-26-52-27-25-51-23-21-49-19-17-47-15-13-45-11-9-43-7-5-35-31(37)28-53-29-33(40)41/h1-29H2,(H,34,36)(H,35,37)(H,38,39)(H,40,41). The third-order valence-corrected chi connectivity index (χ3v) is 6.10. The van der Waals surface area contributed by atoms with Crippen molar-refractivity contribution in [1.82, 2.24) is 10.6 Å². The Hall–Kier alpha value is -2.60. The molecule has 0 saturated heterocycles. The summed E-state index contributed by atoms with van der Waals surface area (Å²) in [7, 11) is 0. The highest BCUT2D eigenvalue weighted by molar-refractivity contribution is 5.80. The van der Waals surface area contributed by atoms with Gasteiger partial charge in [0.05, 0.1) is 145 Å². The lowest BCUT2D eigenvalue weighted by molar-refractivity contribution is -0.143. The van der Waals surface area contributed by atoms with Gasteiger partial charge in [-0.3, -0.25) is 14.4 Å². The van der Waals surface area contributed by atoms with E-state index >= 15 is 0 Å². The van der Waals surface area contributed by atoms with Crippen LogP contribution in [0, 0.1) is 0 Å². The maximum absolute atomic E-state index is 11.4. The molecule has 4 N–H and O–H groups in total. The lowest BCUT2D eigenvalue weighted by atomic mass is 10.3. The molecular formula is C33H62N2O18. The molecule has 0 fully saturated rings. The summed E-state index contributed by atoms with van der Waals surface area (Å²) < 4.78 is 64.3. The predicted molar refractivity (Wildman–Crippen MR) is 185 cm³/mol. The summed E-state index contributed by atoms with van der Waals surface area (Å²) >= 11 is 0. The number of carboxylic acids is 2. The number of nitrogens with one attached hydrogen (secondary N) is 2. The molecule has 0 rings (SSSR count). The number of hydrogen-bond acceptors (Lipinski definition) is 16. The molecule has 312 valence electrons. The van der Waals surface area contributed by atoms with E-state index < -0.39 is 24.5 Å². The zero-order valence-corrected chi connectivity index (χ0v) is 30.9. The van der Waals surface area contributed by atoms with Gasteiger partial charge in [-0.15, -0.1) is 0 Å². The first-order chi connectivity index (χ1) is 25.9. The SMILES string of the molecule is O=C(O)CCC(=O)NCCCOCCOCCOCCOCCOCCOCCOCCOCCOCCOCCOCCNC(=O)COCC(=O)O. The topological polar surface area (TPSA) is 244 Å². The van der Waals surface area contributed by atoms with E-state index in [4.69, 9.17) is 62.3 Å². The number of aliphatic carboxylic acids is 2. The molecule has 20 heteroatoms. The van der Waals surface area contributed by atoms with Crippen LogP contribution in [-0.4, -0.2) is 206 Å². The molecule has 0 bridgehead atoms. The number of ether oxygens (including phenoxy) is 12. The van der Waals surface area contributed by atoms with Crippen molar-refractivity contribution in [2.45, 2.75) is 19.3 Å². The van der Waals surface area contributed by atoms with Crippen LogP contribution < -0.4 is 10.6 Å². The highest BCUT2D eigenvalue weighted by Gasteiger charge is 2.05. The monoisotopic (exact) mass is 774 g/mol. The van der Waals surface area contributed by atoms with Gasteiger partial charge in [0.15, 0.2) is 0 Å². The van der Waals surface area contributed by atoms with E-state index in [9.17, 15) is 19.2 Å². The number of carboxylic acid groups (broad SMARTS) is 2. The lowest BCUT2D eigenvalue weighted by Crippen LogP contribution is -2.31. The fourth-order valence-electron chi connectivity index (χ4n) is 3.56. The molecule has 0 spiro atoms. The minimum Gasteiger partial charge on any atom is -0.481 e. The molecule has 0 aliphatic carbocycles. The van der Waals surface area contributed by atoms with Crippen LogP contribution >= 0.6 is 0 Å². The second-order valence-corrected chi connectivity index (χ2v) is 10.6. The summed E-state index contributed by atoms with van der Waals surface area (Å²) in [5, 5.41) is 22.1. The van der Waals surface area contributed by atoms with Gasteiger partial charge in [0.25, 0.3) is 0 Å². The maximum atomic E-state index is 11.4. The molecule has 0 aliphatic heterocycles. The normalized spacial score (nSPS) is 11.2. The number of hydrogen-bond donors (Lipinski definition) is 4. The molecule has 0 aromatic heterocycles. The van der Waals surface area contributed by atoms with Crippen LogP contribution in [0.25, 0.3) is 0 Å². The molecule has 0 aromatic rings. The van der Waals surface area contributed by atoms with Crippen molar-refractivity contribution < 1.29 is 86.2 Å². The Balaban J connectivity index is 3.12. The summed E-state index contributed by atoms with van der Waals surface area (Å²) in [4.78, 5) is 43.4. The van der Waals surface area contributed by atoms with Crippen molar-refractivity contribution in [3.63, 3.8) is 0 Å². The maximum Gasteiger partial charge on any atom is 0.329 e. The largest absolute Gasteiger partial charge is 0.481 e. The van der Waals surface area contributed by atoms with Gasteiger partial charge in [0.2, 0.25) is 11.8 Å². The Morgan fingerprint density at radius 1 is 0.321 bits per heavy atom. The van der Waals surface area contributed by atoms with Crippen molar-refractivity contribution in [2.24, 2.45) is 0 Å². The van der Waals surface area contributed by atoms with Crippen LogP contribution in [0.1, 0.15) is 19.3 Å². The fraction of sp³-hybridized carbons (Fsp3) is 0.879. The van der Waals surface area contributed by atoms with E-state index in [1.807, 2.05) is 0 Å². The van der Waals surface area contributed by atoms with Crippen molar-refractivity contribution >= 4 is 23.8 Å². The van der Waals surface area contributed by atoms with E-state index in [-0.39, 0.29) is 25.4 Å². The van der Waals surface area contributed by atoms with Gasteiger partial charge < -0.3 is 77.7 Å². The molecule has 53 heavy (non-hydrogen) atoms. The molecule has 0 aromatic carbocycles. The van der Waals surface area contributed by atoms with E-state index in [1.165, 1.54) is 0 Å². The van der Waals surface area contributed by atoms with Crippen LogP contribution in [0.15, 0.2) is 0 Å². The van der Waals surface area contributed by atoms with E-state index in [1.54, 1.807) is 0 Å². The second kappa shape index (κ2) is 42.1. The molecule has 0 heterocycles. The third kappa shape index (κ3) is 45.5. The molecule has 0 saturated carbocycles. The van der Waals surface area contributed by atoms with E-state index in [0.717, 1.165) is 0 Å². The van der Waals surface area contributed by atoms with Gasteiger partial charge in [0, 0.05) is 26.1 Å². The lowest BCUT2D eigenvalue weighted by Gasteiger charge is -2.09. The Labute approximate surface area is 311 Å². The number of amides is 2. The first kappa shape index (κ1) is 50.4. The molecule has 2 amide bonds. The van der Waals surface area contributed by atoms with Crippen molar-refractivity contribution in [3.05, 3.63) is 0 Å². The summed E-state index contributed by atoms with van der Waals surface area (Å²) in [6.07, 6.45) is 0.452. The van der Waals surface area contributed by atoms with E-state index in [2.05, 4.69) is 15.4 Å². The van der Waals surface area contributed by atoms with E-state index in [0.29, 0.717) is 165 Å². The molecule has 0 unspecified atom stereocenters. The minimum absolute atomic E-state index is 0.0183. The summed E-state index contributed by atoms with van der Waals surface area (Å²) in [6.45, 7) is 9.60. The van der Waals surface area contributed by atoms with Crippen LogP contribution in [-0.2, 0) is 76.0 Å². The molecule has 0 aliphatic rings. The quantitative estimate of drug-likeness (QED) is 0.0529. The average molecular weight is 775 g/mol. The van der Waals surface area contributed by atoms with Gasteiger partial charge >= 0.3 is 11.9 Å². The third-order valence-electron chi connectivity index (χ3n) is 6.10. The van der Waals surface area contributed by atoms with Crippen LogP contribution in [0.2, 0.25) is 0 Å². The minimum atomic E-state index is -1.13. The highest BCUT2D eigenvalue weighted by Crippen LogP contribution is 1.90. The number of carbonyl (C=O) groups excluding carboxylic acids is 2. The summed E-state index contributed by atoms with van der Waals surface area (Å²) in [5.41, 5.74) is 0. The van der Waals surface area contributed by atoms with Gasteiger partial charge in [-0.05, 0) is 6.42 Å². The fourth-order valence-corrected chi connectivity index (χ4v) is 3.56. The molecular weight excluding hydrogens is 712 g/mol. The van der Waals surface area contributed by atoms with Gasteiger partial charge in [0.1, 0.15) is 13.2 Å². The van der Waals surface area contributed by atoms with Gasteiger partial charge in [-0.25, -0.2) is 4.79 Å². The Morgan fingerprint density at radius 2 is 0.642 bits per heavy atom. The second-order valence-electron chi connectivity index (χ2n) is 10.6. The zero-order chi connectivity index (χ0) is 38.7. The zero-order valence-electron chi connectivity index (χ0n) is 30.9. The molecule has 0 radical (unpaired) electrons. The molecule has 20 nitrogen and oxygen atoms in total. The van der Waals surface area contributed by atoms with Crippen molar-refractivity contribution in [1.29, 1.82) is 0 Å². The molecule has 0 atom stereocenters. The highest BCUT2D eigenvalue weighted by atomic mass is 16.6. The number of carbonyl (C=O) groups is 4. The van der Waals surface area contributed by atoms with Crippen LogP contribution in [0.4, 0.5) is 0 Å². The van der Waals surface area contributed by atoms with Crippen molar-refractivity contribution in [2.75, 3.05) is 172 Å². The summed E-state index contributed by atoms with van der Waals surface area (Å²) in [5.74, 6) is -2.80. The first-order valence-electron chi connectivity index (χ1n) is 17.8. The first-order valence-corrected chi connectivity index (χ1v) is 17.8. The summed E-state index contributed by atoms with van der Waals surface area (Å²) in [6, 6.07) is 0. The van der Waals surface area contributed by atoms with Crippen molar-refractivity contribution in [3.8, 4) is 0 Å². The van der Waals surface area contributed by atoms with Gasteiger partial charge in [-0.1, -0.05) is 0 Å². The predicted octanol–water partition coefficient (Wildman–Crippen LogP) is -1.24. The number of rotatable bonds is 44. The smallest absolute Gasteiger partial charge is 0.329 e.